The number of aromatic nitrogens is 4. The molecule has 0 amide bonds. The van der Waals surface area contributed by atoms with E-state index >= 15 is 0 Å². The number of halogens is 2. The molecule has 32 heavy (non-hydrogen) atoms. The number of pyridine rings is 2. The second-order valence-electron chi connectivity index (χ2n) is 7.75. The van der Waals surface area contributed by atoms with Gasteiger partial charge < -0.3 is 19.6 Å². The summed E-state index contributed by atoms with van der Waals surface area (Å²) in [5.74, 6) is 1.23. The first-order valence-corrected chi connectivity index (χ1v) is 12.1. The van der Waals surface area contributed by atoms with Crippen LogP contribution in [-0.4, -0.2) is 25.6 Å². The van der Waals surface area contributed by atoms with Crippen molar-refractivity contribution in [2.45, 2.75) is 37.5 Å². The average Bonchev–Trinajstić information content (AvgIpc) is 3.23. The molecule has 7 nitrogen and oxygen atoms in total. The van der Waals surface area contributed by atoms with E-state index in [0.717, 1.165) is 21.2 Å². The fourth-order valence-corrected chi connectivity index (χ4v) is 4.27. The maximum Gasteiger partial charge on any atom is 0.253 e. The fourth-order valence-electron chi connectivity index (χ4n) is 3.51. The van der Waals surface area contributed by atoms with Crippen molar-refractivity contribution in [3.8, 4) is 17.0 Å². The van der Waals surface area contributed by atoms with Crippen LogP contribution >= 0.6 is 34.2 Å². The summed E-state index contributed by atoms with van der Waals surface area (Å²) in [5, 5.41) is 4.68. The molecule has 0 aliphatic carbocycles. The van der Waals surface area contributed by atoms with Gasteiger partial charge in [-0.2, -0.15) is 0 Å². The molecule has 0 fully saturated rings. The largest absolute Gasteiger partial charge is 0.489 e. The first-order chi connectivity index (χ1) is 15.4. The van der Waals surface area contributed by atoms with Gasteiger partial charge in [0.05, 0.1) is 45.5 Å². The Hall–Kier alpha value is -2.59. The molecule has 0 unspecified atom stereocenters. The molecule has 0 aliphatic rings. The number of alkyl halides is 1. The number of imidazole rings is 1. The Labute approximate surface area is 204 Å². The van der Waals surface area contributed by atoms with Gasteiger partial charge in [-0.1, -0.05) is 34.2 Å². The third kappa shape index (κ3) is 4.75. The summed E-state index contributed by atoms with van der Waals surface area (Å²) in [5.41, 5.74) is 3.11. The van der Waals surface area contributed by atoms with Gasteiger partial charge in [0.15, 0.2) is 0 Å². The van der Waals surface area contributed by atoms with Crippen LogP contribution in [-0.2, 0) is 4.55 Å². The predicted octanol–water partition coefficient (Wildman–Crippen LogP) is 5.79. The normalized spacial score (nSPS) is 12.3. The molecule has 0 aliphatic heterocycles. The number of rotatable bonds is 7. The molecular weight excluding hydrogens is 541 g/mol. The van der Waals surface area contributed by atoms with Crippen LogP contribution < -0.4 is 15.6 Å². The maximum absolute atomic E-state index is 12.8. The Morgan fingerprint density at radius 2 is 2.06 bits per heavy atom. The van der Waals surface area contributed by atoms with Gasteiger partial charge in [-0.15, -0.1) is 0 Å². The lowest BCUT2D eigenvalue weighted by molar-refractivity contribution is 0.243. The molecule has 0 saturated carbocycles. The van der Waals surface area contributed by atoms with E-state index in [1.165, 1.54) is 0 Å². The van der Waals surface area contributed by atoms with Crippen molar-refractivity contribution < 1.29 is 4.74 Å². The van der Waals surface area contributed by atoms with Gasteiger partial charge in [0.2, 0.25) is 0 Å². The zero-order valence-electron chi connectivity index (χ0n) is 17.9. The van der Waals surface area contributed by atoms with E-state index in [2.05, 4.69) is 47.4 Å². The van der Waals surface area contributed by atoms with Gasteiger partial charge >= 0.3 is 0 Å². The predicted molar refractivity (Wildman–Crippen MR) is 137 cm³/mol. The Bertz CT molecular complexity index is 1320. The molecule has 1 aromatic carbocycles. The zero-order chi connectivity index (χ0) is 22.8. The summed E-state index contributed by atoms with van der Waals surface area (Å²) in [6, 6.07) is 9.06. The molecule has 0 radical (unpaired) electrons. The van der Waals surface area contributed by atoms with Gasteiger partial charge in [-0.05, 0) is 45.0 Å². The minimum atomic E-state index is -0.272. The number of H-pyrrole nitrogens is 1. The number of benzene rings is 1. The lowest BCUT2D eigenvalue weighted by Gasteiger charge is -2.16. The zero-order valence-corrected chi connectivity index (χ0v) is 20.8. The lowest BCUT2D eigenvalue weighted by Crippen LogP contribution is -2.20. The second-order valence-corrected chi connectivity index (χ2v) is 8.84. The molecule has 9 heteroatoms. The summed E-state index contributed by atoms with van der Waals surface area (Å²) >= 11 is 8.68. The van der Waals surface area contributed by atoms with Gasteiger partial charge in [0.1, 0.15) is 11.6 Å². The Balaban J connectivity index is 1.63. The van der Waals surface area contributed by atoms with E-state index in [4.69, 9.17) is 16.3 Å². The maximum atomic E-state index is 12.8. The van der Waals surface area contributed by atoms with Crippen LogP contribution in [0.3, 0.4) is 0 Å². The fraction of sp³-hybridized carbons (Fsp3) is 0.261. The van der Waals surface area contributed by atoms with Crippen LogP contribution in [0.4, 0.5) is 5.82 Å². The molecule has 4 aromatic rings. The molecule has 2 N–H and O–H groups in total. The van der Waals surface area contributed by atoms with Crippen molar-refractivity contribution in [3.05, 3.63) is 70.0 Å². The number of anilines is 1. The van der Waals surface area contributed by atoms with Crippen LogP contribution in [0.1, 0.15) is 32.4 Å². The van der Waals surface area contributed by atoms with Crippen LogP contribution in [0, 0.1) is 0 Å². The molecule has 166 valence electrons. The van der Waals surface area contributed by atoms with Gasteiger partial charge in [0.25, 0.3) is 5.56 Å². The van der Waals surface area contributed by atoms with Crippen molar-refractivity contribution >= 4 is 50.9 Å². The smallest absolute Gasteiger partial charge is 0.253 e. The molecule has 4 rings (SSSR count). The first-order valence-electron chi connectivity index (χ1n) is 10.2. The topological polar surface area (TPSA) is 84.8 Å². The third-order valence-corrected chi connectivity index (χ3v) is 6.05. The minimum Gasteiger partial charge on any atom is -0.489 e. The van der Waals surface area contributed by atoms with Crippen LogP contribution in [0.15, 0.2) is 53.8 Å². The highest BCUT2D eigenvalue weighted by Crippen LogP contribution is 2.31. The SMILES string of the molecule is CC(C)Oc1cc2[nH]c(=O)c([C@H](C)Nc3cc(-c4cncn4CI)ccn3)cc2cc1Cl. The first kappa shape index (κ1) is 22.6. The van der Waals surface area contributed by atoms with Crippen molar-refractivity contribution in [1.29, 1.82) is 0 Å². The number of aromatic amines is 1. The molecule has 0 bridgehead atoms. The number of hydrogen-bond acceptors (Lipinski definition) is 5. The monoisotopic (exact) mass is 563 g/mol. The summed E-state index contributed by atoms with van der Waals surface area (Å²) in [6.07, 6.45) is 5.36. The van der Waals surface area contributed by atoms with Crippen molar-refractivity contribution in [2.24, 2.45) is 0 Å². The lowest BCUT2D eigenvalue weighted by atomic mass is 10.1. The third-order valence-electron chi connectivity index (χ3n) is 5.02. The van der Waals surface area contributed by atoms with Crippen LogP contribution in [0.25, 0.3) is 22.2 Å². The van der Waals surface area contributed by atoms with Gasteiger partial charge in [-0.25, -0.2) is 9.97 Å². The standard InChI is InChI=1S/C23H23ClIN5O2/c1-13(2)32-21-9-19-16(7-18(21)24)6-17(23(31)29-19)14(3)28-22-8-15(4-5-27-22)20-10-26-12-30(20)11-25/h4-10,12-14H,11H2,1-3H3,(H,27,28)(H,29,31)/t14-/m0/s1. The number of fused-ring (bicyclic) bond motifs is 1. The number of nitrogens with zero attached hydrogens (tertiary/aromatic N) is 3. The number of nitrogens with one attached hydrogen (secondary N) is 2. The van der Waals surface area contributed by atoms with Gasteiger partial charge in [-0.3, -0.25) is 4.79 Å². The summed E-state index contributed by atoms with van der Waals surface area (Å²) in [4.78, 5) is 24.4. The molecule has 3 aromatic heterocycles. The summed E-state index contributed by atoms with van der Waals surface area (Å²) < 4.78 is 8.58. The van der Waals surface area contributed by atoms with Crippen LogP contribution in [0.2, 0.25) is 5.02 Å². The number of ether oxygens (including phenoxy) is 1. The van der Waals surface area contributed by atoms with E-state index in [1.807, 2.05) is 51.2 Å². The van der Waals surface area contributed by atoms with Gasteiger partial charge in [0, 0.05) is 28.8 Å². The van der Waals surface area contributed by atoms with Crippen LogP contribution in [0.5, 0.6) is 5.75 Å². The van der Waals surface area contributed by atoms with Crippen molar-refractivity contribution in [2.75, 3.05) is 5.32 Å². The number of hydrogen-bond donors (Lipinski definition) is 2. The van der Waals surface area contributed by atoms with E-state index in [0.29, 0.717) is 27.7 Å². The molecule has 0 spiro atoms. The second kappa shape index (κ2) is 9.50. The minimum absolute atomic E-state index is 0.0149. The highest BCUT2D eigenvalue weighted by atomic mass is 127. The Morgan fingerprint density at radius 1 is 1.25 bits per heavy atom. The van der Waals surface area contributed by atoms with Crippen molar-refractivity contribution in [1.82, 2.24) is 19.5 Å². The van der Waals surface area contributed by atoms with E-state index in [9.17, 15) is 4.79 Å². The summed E-state index contributed by atoms with van der Waals surface area (Å²) in [6.45, 7) is 5.79. The Kier molecular flexibility index (Phi) is 6.71. The quantitative estimate of drug-likeness (QED) is 0.220. The van der Waals surface area contributed by atoms with E-state index in [1.54, 1.807) is 18.6 Å². The molecule has 3 heterocycles. The highest BCUT2D eigenvalue weighted by Gasteiger charge is 2.15. The average molecular weight is 564 g/mol. The molecule has 0 saturated heterocycles. The van der Waals surface area contributed by atoms with E-state index < -0.39 is 0 Å². The Morgan fingerprint density at radius 3 is 2.81 bits per heavy atom. The van der Waals surface area contributed by atoms with Crippen molar-refractivity contribution in [3.63, 3.8) is 0 Å². The van der Waals surface area contributed by atoms with E-state index in [-0.39, 0.29) is 17.7 Å². The molecular formula is C23H23ClIN5O2. The molecule has 1 atom stereocenters. The highest BCUT2D eigenvalue weighted by molar-refractivity contribution is 14.1. The summed E-state index contributed by atoms with van der Waals surface area (Å²) in [7, 11) is 0.